The monoisotopic (exact) mass is 308 g/mol. The van der Waals surface area contributed by atoms with E-state index in [1.807, 2.05) is 4.90 Å². The van der Waals surface area contributed by atoms with E-state index >= 15 is 0 Å². The smallest absolute Gasteiger partial charge is 0.268 e. The van der Waals surface area contributed by atoms with Gasteiger partial charge in [-0.05, 0) is 30.4 Å². The quantitative estimate of drug-likeness (QED) is 0.894. The summed E-state index contributed by atoms with van der Waals surface area (Å²) in [6.45, 7) is 2.80. The fraction of sp³-hybridized carbons (Fsp3) is 0.385. The molecular formula is C13H16N4OS2. The third-order valence-corrected chi connectivity index (χ3v) is 5.67. The van der Waals surface area contributed by atoms with Crippen molar-refractivity contribution < 1.29 is 4.79 Å². The molecule has 0 saturated carbocycles. The molecular weight excluding hydrogens is 292 g/mol. The van der Waals surface area contributed by atoms with Gasteiger partial charge in [-0.2, -0.15) is 0 Å². The lowest BCUT2D eigenvalue weighted by molar-refractivity contribution is 0.0685. The average molecular weight is 308 g/mol. The van der Waals surface area contributed by atoms with Crippen molar-refractivity contribution in [3.05, 3.63) is 26.8 Å². The number of nitrogens with two attached hydrogens (primary N) is 1. The fourth-order valence-electron chi connectivity index (χ4n) is 2.51. The first-order chi connectivity index (χ1) is 9.61. The Labute approximate surface area is 125 Å². The van der Waals surface area contributed by atoms with Crippen LogP contribution in [0.15, 0.2) is 11.4 Å². The van der Waals surface area contributed by atoms with Gasteiger partial charge in [-0.15, -0.1) is 11.3 Å². The molecule has 3 heterocycles. The summed E-state index contributed by atoms with van der Waals surface area (Å²) in [6, 6.07) is 2.20. The van der Waals surface area contributed by atoms with E-state index in [9.17, 15) is 4.79 Å². The van der Waals surface area contributed by atoms with Crippen LogP contribution in [0.25, 0.3) is 0 Å². The van der Waals surface area contributed by atoms with Crippen LogP contribution in [-0.2, 0) is 6.42 Å². The summed E-state index contributed by atoms with van der Waals surface area (Å²) >= 11 is 3.08. The normalized spacial score (nSPS) is 17.9. The van der Waals surface area contributed by atoms with Crippen LogP contribution in [0.2, 0.25) is 0 Å². The van der Waals surface area contributed by atoms with Gasteiger partial charge in [0.1, 0.15) is 10.7 Å². The highest BCUT2D eigenvalue weighted by molar-refractivity contribution is 7.18. The lowest BCUT2D eigenvalue weighted by Crippen LogP contribution is -2.38. The second-order valence-corrected chi connectivity index (χ2v) is 6.71. The summed E-state index contributed by atoms with van der Waals surface area (Å²) in [4.78, 5) is 20.6. The zero-order chi connectivity index (χ0) is 14.3. The van der Waals surface area contributed by atoms with Gasteiger partial charge in [-0.1, -0.05) is 11.3 Å². The van der Waals surface area contributed by atoms with E-state index in [1.54, 1.807) is 18.4 Å². The van der Waals surface area contributed by atoms with Gasteiger partial charge in [0.2, 0.25) is 0 Å². The number of aromatic nitrogens is 1. The fourth-order valence-corrected chi connectivity index (χ4v) is 4.27. The first-order valence-corrected chi connectivity index (χ1v) is 8.12. The second-order valence-electron chi connectivity index (χ2n) is 4.71. The van der Waals surface area contributed by atoms with Crippen molar-refractivity contribution in [1.82, 2.24) is 9.88 Å². The third-order valence-electron chi connectivity index (χ3n) is 3.60. The first-order valence-electron chi connectivity index (χ1n) is 6.43. The maximum atomic E-state index is 12.7. The highest BCUT2D eigenvalue weighted by atomic mass is 32.1. The van der Waals surface area contributed by atoms with Gasteiger partial charge in [0.25, 0.3) is 5.91 Å². The molecule has 1 atom stereocenters. The topological polar surface area (TPSA) is 71.2 Å². The molecule has 3 rings (SSSR count). The second kappa shape index (κ2) is 5.06. The molecule has 2 aromatic heterocycles. The Morgan fingerprint density at radius 3 is 3.10 bits per heavy atom. The number of hydrogen-bond acceptors (Lipinski definition) is 6. The summed E-state index contributed by atoms with van der Waals surface area (Å²) in [5.74, 6) is 0.290. The number of anilines is 2. The number of carbonyl (C=O) groups is 1. The third kappa shape index (κ3) is 2.06. The van der Waals surface area contributed by atoms with Gasteiger partial charge in [-0.3, -0.25) is 4.79 Å². The van der Waals surface area contributed by atoms with Crippen LogP contribution < -0.4 is 11.1 Å². The molecule has 1 aliphatic heterocycles. The number of thiophene rings is 1. The van der Waals surface area contributed by atoms with E-state index in [2.05, 4.69) is 28.7 Å². The summed E-state index contributed by atoms with van der Waals surface area (Å²) in [5.41, 5.74) is 7.11. The maximum absolute atomic E-state index is 12.7. The molecule has 0 radical (unpaired) electrons. The molecule has 5 nitrogen and oxygen atoms in total. The van der Waals surface area contributed by atoms with Gasteiger partial charge < -0.3 is 16.0 Å². The van der Waals surface area contributed by atoms with Crippen molar-refractivity contribution in [3.8, 4) is 0 Å². The lowest BCUT2D eigenvalue weighted by Gasteiger charge is -2.33. The minimum Gasteiger partial charge on any atom is -0.382 e. The maximum Gasteiger partial charge on any atom is 0.268 e. The summed E-state index contributed by atoms with van der Waals surface area (Å²) < 4.78 is 0. The minimum absolute atomic E-state index is 0.0224. The molecule has 0 fully saturated rings. The van der Waals surface area contributed by atoms with Crippen molar-refractivity contribution in [2.45, 2.75) is 19.4 Å². The molecule has 0 aromatic carbocycles. The Morgan fingerprint density at radius 1 is 1.60 bits per heavy atom. The van der Waals surface area contributed by atoms with Crippen molar-refractivity contribution >= 4 is 39.5 Å². The predicted octanol–water partition coefficient (Wildman–Crippen LogP) is 2.59. The lowest BCUT2D eigenvalue weighted by atomic mass is 10.0. The Balaban J connectivity index is 1.90. The number of carbonyl (C=O) groups excluding carboxylic acids is 1. The summed E-state index contributed by atoms with van der Waals surface area (Å²) in [6.07, 6.45) is 0.917. The van der Waals surface area contributed by atoms with Gasteiger partial charge in [0, 0.05) is 18.5 Å². The van der Waals surface area contributed by atoms with E-state index in [0.717, 1.165) is 13.0 Å². The zero-order valence-corrected chi connectivity index (χ0v) is 13.0. The number of hydrogen-bond donors (Lipinski definition) is 2. The number of fused-ring (bicyclic) bond motifs is 1. The number of nitrogens with one attached hydrogen (secondary N) is 1. The molecule has 0 bridgehead atoms. The molecule has 20 heavy (non-hydrogen) atoms. The predicted molar refractivity (Wildman–Crippen MR) is 83.5 cm³/mol. The first kappa shape index (κ1) is 13.4. The van der Waals surface area contributed by atoms with E-state index in [-0.39, 0.29) is 11.9 Å². The number of amides is 1. The number of thiazole rings is 1. The van der Waals surface area contributed by atoms with Crippen LogP contribution in [0, 0.1) is 0 Å². The van der Waals surface area contributed by atoms with Gasteiger partial charge in [-0.25, -0.2) is 4.98 Å². The van der Waals surface area contributed by atoms with Crippen LogP contribution in [0.4, 0.5) is 10.9 Å². The van der Waals surface area contributed by atoms with E-state index < -0.39 is 0 Å². The van der Waals surface area contributed by atoms with Crippen LogP contribution >= 0.6 is 22.7 Å². The molecule has 7 heteroatoms. The van der Waals surface area contributed by atoms with E-state index in [4.69, 9.17) is 5.73 Å². The minimum atomic E-state index is -0.0224. The SMILES string of the molecule is CNc1nc(N)c(C(=O)N2CCc3sccc3C2C)s1. The van der Waals surface area contributed by atoms with Crippen molar-refractivity contribution in [3.63, 3.8) is 0 Å². The number of rotatable bonds is 2. The molecule has 3 N–H and O–H groups in total. The molecule has 106 valence electrons. The molecule has 1 aliphatic rings. The largest absolute Gasteiger partial charge is 0.382 e. The van der Waals surface area contributed by atoms with Crippen molar-refractivity contribution in [1.29, 1.82) is 0 Å². The van der Waals surface area contributed by atoms with Crippen LogP contribution in [0.5, 0.6) is 0 Å². The Hall–Kier alpha value is -1.60. The molecule has 0 aliphatic carbocycles. The Kier molecular flexibility index (Phi) is 3.39. The van der Waals surface area contributed by atoms with Gasteiger partial charge in [0.05, 0.1) is 6.04 Å². The highest BCUT2D eigenvalue weighted by Gasteiger charge is 2.31. The van der Waals surface area contributed by atoms with E-state index in [1.165, 1.54) is 21.8 Å². The highest BCUT2D eigenvalue weighted by Crippen LogP contribution is 2.35. The zero-order valence-electron chi connectivity index (χ0n) is 11.3. The summed E-state index contributed by atoms with van der Waals surface area (Å²) in [5, 5.41) is 5.69. The van der Waals surface area contributed by atoms with Crippen LogP contribution in [0.1, 0.15) is 33.1 Å². The molecule has 2 aromatic rings. The van der Waals surface area contributed by atoms with Crippen molar-refractivity contribution in [2.75, 3.05) is 24.6 Å². The summed E-state index contributed by atoms with van der Waals surface area (Å²) in [7, 11) is 1.77. The van der Waals surface area contributed by atoms with E-state index in [0.29, 0.717) is 15.8 Å². The van der Waals surface area contributed by atoms with Gasteiger partial charge in [0.15, 0.2) is 5.13 Å². The number of nitrogens with zero attached hydrogens (tertiary/aromatic N) is 2. The Morgan fingerprint density at radius 2 is 2.40 bits per heavy atom. The standard InChI is InChI=1S/C13H16N4OS2/c1-7-8-4-6-19-9(8)3-5-17(7)12(18)10-11(14)16-13(15-2)20-10/h4,6-7H,3,5,14H2,1-2H3,(H,15,16). The van der Waals surface area contributed by atoms with Crippen LogP contribution in [-0.4, -0.2) is 29.4 Å². The molecule has 1 amide bonds. The van der Waals surface area contributed by atoms with Crippen LogP contribution in [0.3, 0.4) is 0 Å². The Bertz CT molecular complexity index is 649. The number of nitrogen functional groups attached to an aromatic ring is 1. The molecule has 0 saturated heterocycles. The van der Waals surface area contributed by atoms with Gasteiger partial charge >= 0.3 is 0 Å². The molecule has 0 spiro atoms. The van der Waals surface area contributed by atoms with Crippen molar-refractivity contribution in [2.24, 2.45) is 0 Å². The molecule has 1 unspecified atom stereocenters. The average Bonchev–Trinajstić information content (AvgIpc) is 3.05.